The Morgan fingerprint density at radius 2 is 2.00 bits per heavy atom. The lowest BCUT2D eigenvalue weighted by Gasteiger charge is -2.16. The number of aliphatic hydroxyl groups excluding tert-OH is 1. The van der Waals surface area contributed by atoms with Gasteiger partial charge in [-0.1, -0.05) is 0 Å². The quantitative estimate of drug-likeness (QED) is 0.658. The van der Waals surface area contributed by atoms with Crippen molar-refractivity contribution in [3.63, 3.8) is 0 Å². The lowest BCUT2D eigenvalue weighted by molar-refractivity contribution is 0.245. The van der Waals surface area contributed by atoms with Gasteiger partial charge >= 0.3 is 0 Å². The maximum atomic E-state index is 8.81. The maximum absolute atomic E-state index is 8.81. The zero-order valence-electron chi connectivity index (χ0n) is 7.79. The summed E-state index contributed by atoms with van der Waals surface area (Å²) in [6.07, 6.45) is 4.39. The minimum atomic E-state index is 0.263. The predicted octanol–water partition coefficient (Wildman–Crippen LogP) is 1.00. The third kappa shape index (κ3) is 1.80. The molecule has 0 heterocycles. The summed E-state index contributed by atoms with van der Waals surface area (Å²) in [6, 6.07) is 0.280. The standard InChI is InChI=1S/C10H19NO/c1-7(6-12)11-5-8-2-9-4-10(9)3-8/h7-12H,2-6H2,1H3. The van der Waals surface area contributed by atoms with Crippen LogP contribution in [0.1, 0.15) is 26.2 Å². The number of fused-ring (bicyclic) bond motifs is 1. The van der Waals surface area contributed by atoms with E-state index >= 15 is 0 Å². The van der Waals surface area contributed by atoms with Crippen molar-refractivity contribution >= 4 is 0 Å². The van der Waals surface area contributed by atoms with Gasteiger partial charge in [-0.25, -0.2) is 0 Å². The summed E-state index contributed by atoms with van der Waals surface area (Å²) in [5.41, 5.74) is 0. The molecule has 0 aliphatic heterocycles. The van der Waals surface area contributed by atoms with Gasteiger partial charge < -0.3 is 10.4 Å². The lowest BCUT2D eigenvalue weighted by Crippen LogP contribution is -2.33. The highest BCUT2D eigenvalue weighted by atomic mass is 16.3. The van der Waals surface area contributed by atoms with Crippen LogP contribution in [-0.2, 0) is 0 Å². The van der Waals surface area contributed by atoms with E-state index in [2.05, 4.69) is 5.32 Å². The Kier molecular flexibility index (Phi) is 2.37. The van der Waals surface area contributed by atoms with E-state index in [1.54, 1.807) is 0 Å². The molecule has 0 aromatic heterocycles. The van der Waals surface area contributed by atoms with E-state index in [1.807, 2.05) is 6.92 Å². The molecule has 0 aromatic rings. The van der Waals surface area contributed by atoms with Crippen LogP contribution in [0, 0.1) is 17.8 Å². The van der Waals surface area contributed by atoms with E-state index < -0.39 is 0 Å². The smallest absolute Gasteiger partial charge is 0.0581 e. The molecule has 0 bridgehead atoms. The zero-order chi connectivity index (χ0) is 8.55. The summed E-state index contributed by atoms with van der Waals surface area (Å²) in [6.45, 7) is 3.42. The van der Waals surface area contributed by atoms with Crippen molar-refractivity contribution in [2.45, 2.75) is 32.2 Å². The molecule has 3 atom stereocenters. The Labute approximate surface area is 74.4 Å². The number of rotatable bonds is 4. The summed E-state index contributed by atoms with van der Waals surface area (Å²) in [5.74, 6) is 3.07. The van der Waals surface area contributed by atoms with Gasteiger partial charge in [-0.3, -0.25) is 0 Å². The first-order valence-corrected chi connectivity index (χ1v) is 5.14. The Morgan fingerprint density at radius 3 is 2.58 bits per heavy atom. The minimum Gasteiger partial charge on any atom is -0.395 e. The summed E-state index contributed by atoms with van der Waals surface area (Å²) in [7, 11) is 0. The van der Waals surface area contributed by atoms with Crippen molar-refractivity contribution in [1.29, 1.82) is 0 Å². The molecule has 2 fully saturated rings. The maximum Gasteiger partial charge on any atom is 0.0581 e. The van der Waals surface area contributed by atoms with Gasteiger partial charge in [0.25, 0.3) is 0 Å². The third-order valence-corrected chi connectivity index (χ3v) is 3.37. The zero-order valence-corrected chi connectivity index (χ0v) is 7.79. The molecule has 0 amide bonds. The van der Waals surface area contributed by atoms with E-state index in [4.69, 9.17) is 5.11 Å². The van der Waals surface area contributed by atoms with Crippen LogP contribution in [0.3, 0.4) is 0 Å². The molecule has 2 nitrogen and oxygen atoms in total. The number of aliphatic hydroxyl groups is 1. The lowest BCUT2D eigenvalue weighted by atomic mass is 10.0. The molecule has 3 unspecified atom stereocenters. The Hall–Kier alpha value is -0.0800. The Bertz CT molecular complexity index is 150. The highest BCUT2D eigenvalue weighted by molar-refractivity contribution is 4.96. The normalized spacial score (nSPS) is 41.0. The monoisotopic (exact) mass is 169 g/mol. The van der Waals surface area contributed by atoms with E-state index in [1.165, 1.54) is 19.3 Å². The van der Waals surface area contributed by atoms with Gasteiger partial charge in [0.15, 0.2) is 0 Å². The Balaban J connectivity index is 1.61. The first kappa shape index (κ1) is 8.52. The first-order chi connectivity index (χ1) is 5.79. The van der Waals surface area contributed by atoms with Crippen molar-refractivity contribution in [1.82, 2.24) is 5.32 Å². The number of nitrogens with one attached hydrogen (secondary N) is 1. The van der Waals surface area contributed by atoms with Crippen molar-refractivity contribution in [2.75, 3.05) is 13.2 Å². The van der Waals surface area contributed by atoms with Gasteiger partial charge in [-0.05, 0) is 50.5 Å². The molecule has 0 radical (unpaired) electrons. The average Bonchev–Trinajstić information content (AvgIpc) is 2.70. The summed E-state index contributed by atoms with van der Waals surface area (Å²) < 4.78 is 0. The largest absolute Gasteiger partial charge is 0.395 e. The summed E-state index contributed by atoms with van der Waals surface area (Å²) in [5, 5.41) is 12.2. The summed E-state index contributed by atoms with van der Waals surface area (Å²) >= 11 is 0. The van der Waals surface area contributed by atoms with E-state index in [-0.39, 0.29) is 12.6 Å². The van der Waals surface area contributed by atoms with Crippen molar-refractivity contribution in [3.05, 3.63) is 0 Å². The molecular weight excluding hydrogens is 150 g/mol. The number of hydrogen-bond acceptors (Lipinski definition) is 2. The first-order valence-electron chi connectivity index (χ1n) is 5.14. The van der Waals surface area contributed by atoms with Gasteiger partial charge in [0.05, 0.1) is 6.61 Å². The van der Waals surface area contributed by atoms with E-state index in [0.717, 1.165) is 24.3 Å². The molecule has 2 aliphatic rings. The number of hydrogen-bond donors (Lipinski definition) is 2. The molecular formula is C10H19NO. The van der Waals surface area contributed by atoms with Crippen LogP contribution in [0.4, 0.5) is 0 Å². The molecule has 2 rings (SSSR count). The fourth-order valence-corrected chi connectivity index (χ4v) is 2.44. The van der Waals surface area contributed by atoms with Crippen LogP contribution in [0.15, 0.2) is 0 Å². The molecule has 12 heavy (non-hydrogen) atoms. The Morgan fingerprint density at radius 1 is 1.33 bits per heavy atom. The van der Waals surface area contributed by atoms with Crippen LogP contribution in [0.25, 0.3) is 0 Å². The molecule has 2 aliphatic carbocycles. The van der Waals surface area contributed by atoms with Crippen molar-refractivity contribution in [2.24, 2.45) is 17.8 Å². The molecule has 0 spiro atoms. The predicted molar refractivity (Wildman–Crippen MR) is 48.9 cm³/mol. The van der Waals surface area contributed by atoms with Gasteiger partial charge in [-0.2, -0.15) is 0 Å². The van der Waals surface area contributed by atoms with Crippen LogP contribution in [-0.4, -0.2) is 24.3 Å². The fraction of sp³-hybridized carbons (Fsp3) is 1.00. The molecule has 0 saturated heterocycles. The molecule has 2 heteroatoms. The topological polar surface area (TPSA) is 32.3 Å². The third-order valence-electron chi connectivity index (χ3n) is 3.37. The highest BCUT2D eigenvalue weighted by Gasteiger charge is 2.45. The molecule has 2 saturated carbocycles. The molecule has 70 valence electrons. The second-order valence-corrected chi connectivity index (χ2v) is 4.59. The van der Waals surface area contributed by atoms with Gasteiger partial charge in [-0.15, -0.1) is 0 Å². The van der Waals surface area contributed by atoms with Gasteiger partial charge in [0.1, 0.15) is 0 Å². The summed E-state index contributed by atoms with van der Waals surface area (Å²) in [4.78, 5) is 0. The molecule has 2 N–H and O–H groups in total. The van der Waals surface area contributed by atoms with Gasteiger partial charge in [0, 0.05) is 6.04 Å². The van der Waals surface area contributed by atoms with Crippen molar-refractivity contribution < 1.29 is 5.11 Å². The SMILES string of the molecule is CC(CO)NCC1CC2CC2C1. The minimum absolute atomic E-state index is 0.263. The van der Waals surface area contributed by atoms with Crippen molar-refractivity contribution in [3.8, 4) is 0 Å². The average molecular weight is 169 g/mol. The van der Waals surface area contributed by atoms with Gasteiger partial charge in [0.2, 0.25) is 0 Å². The second-order valence-electron chi connectivity index (χ2n) is 4.59. The second kappa shape index (κ2) is 3.35. The van der Waals surface area contributed by atoms with Crippen LogP contribution in [0.5, 0.6) is 0 Å². The van der Waals surface area contributed by atoms with Crippen LogP contribution in [0.2, 0.25) is 0 Å². The highest BCUT2D eigenvalue weighted by Crippen LogP contribution is 2.54. The van der Waals surface area contributed by atoms with Crippen LogP contribution >= 0.6 is 0 Å². The fourth-order valence-electron chi connectivity index (χ4n) is 2.44. The molecule has 0 aromatic carbocycles. The van der Waals surface area contributed by atoms with E-state index in [9.17, 15) is 0 Å². The van der Waals surface area contributed by atoms with Crippen LogP contribution < -0.4 is 5.32 Å². The van der Waals surface area contributed by atoms with E-state index in [0.29, 0.717) is 0 Å².